The maximum atomic E-state index is 12.0. The van der Waals surface area contributed by atoms with Gasteiger partial charge in [0.05, 0.1) is 29.9 Å². The van der Waals surface area contributed by atoms with Gasteiger partial charge in [-0.3, -0.25) is 0 Å². The first-order valence-corrected chi connectivity index (χ1v) is 12.5. The van der Waals surface area contributed by atoms with E-state index in [9.17, 15) is 10.1 Å². The second-order valence-electron chi connectivity index (χ2n) is 10.9. The molecule has 2 fully saturated rings. The van der Waals surface area contributed by atoms with Gasteiger partial charge in [0.1, 0.15) is 17.0 Å². The molecule has 1 unspecified atom stereocenters. The van der Waals surface area contributed by atoms with Crippen LogP contribution in [0.25, 0.3) is 0 Å². The Kier molecular flexibility index (Phi) is 6.80. The molecule has 1 atom stereocenters. The average Bonchev–Trinajstić information content (AvgIpc) is 3.36. The molecule has 7 nitrogen and oxygen atoms in total. The predicted molar refractivity (Wildman–Crippen MR) is 128 cm³/mol. The minimum Gasteiger partial charge on any atom is -0.485 e. The minimum atomic E-state index is -0.573. The van der Waals surface area contributed by atoms with Crippen molar-refractivity contribution >= 4 is 17.7 Å². The maximum Gasteiger partial charge on any atom is 0.407 e. The van der Waals surface area contributed by atoms with Crippen molar-refractivity contribution in [3.63, 3.8) is 0 Å². The molecule has 34 heavy (non-hydrogen) atoms. The van der Waals surface area contributed by atoms with Gasteiger partial charge in [-0.25, -0.2) is 4.79 Å². The Hall–Kier alpha value is -2.01. The molecule has 2 aliphatic heterocycles. The van der Waals surface area contributed by atoms with Gasteiger partial charge < -0.3 is 24.3 Å². The summed E-state index contributed by atoms with van der Waals surface area (Å²) in [6.45, 7) is 11.2. The molecule has 1 aromatic carbocycles. The number of nitrogens with one attached hydrogen (secondary N) is 1. The van der Waals surface area contributed by atoms with Crippen LogP contribution in [0.2, 0.25) is 5.02 Å². The lowest BCUT2D eigenvalue weighted by Gasteiger charge is -2.41. The molecule has 1 aliphatic carbocycles. The molecule has 2 heterocycles. The molecule has 3 aliphatic rings. The van der Waals surface area contributed by atoms with Crippen LogP contribution in [0.5, 0.6) is 5.75 Å². The number of fused-ring (bicyclic) bond motifs is 1. The summed E-state index contributed by atoms with van der Waals surface area (Å²) in [5, 5.41) is 13.1. The van der Waals surface area contributed by atoms with E-state index in [-0.39, 0.29) is 0 Å². The van der Waals surface area contributed by atoms with Crippen LogP contribution in [-0.4, -0.2) is 42.8 Å². The number of amides is 1. The third kappa shape index (κ3) is 4.86. The van der Waals surface area contributed by atoms with Crippen LogP contribution >= 0.6 is 11.6 Å². The van der Waals surface area contributed by atoms with E-state index in [1.807, 2.05) is 27.7 Å². The van der Waals surface area contributed by atoms with E-state index >= 15 is 0 Å². The second-order valence-corrected chi connectivity index (χ2v) is 11.2. The zero-order chi connectivity index (χ0) is 24.7. The number of carbonyl (C=O) groups is 1. The van der Waals surface area contributed by atoms with Gasteiger partial charge in [-0.2, -0.15) is 5.26 Å². The van der Waals surface area contributed by atoms with Crippen molar-refractivity contribution in [1.82, 2.24) is 5.32 Å². The third-order valence-electron chi connectivity index (χ3n) is 7.31. The van der Waals surface area contributed by atoms with Crippen molar-refractivity contribution in [1.29, 1.82) is 5.26 Å². The Morgan fingerprint density at radius 1 is 1.26 bits per heavy atom. The highest BCUT2D eigenvalue weighted by atomic mass is 35.5. The maximum absolute atomic E-state index is 12.0. The lowest BCUT2D eigenvalue weighted by molar-refractivity contribution is -0.190. The molecule has 0 bridgehead atoms. The molecule has 0 aromatic heterocycles. The molecular weight excluding hydrogens is 456 g/mol. The lowest BCUT2D eigenvalue weighted by Crippen LogP contribution is -2.45. The number of alkyl carbamates (subject to hydrolysis) is 1. The molecule has 0 radical (unpaired) electrons. The molecular formula is C26H35ClN2O5. The van der Waals surface area contributed by atoms with Crippen molar-refractivity contribution in [3.05, 3.63) is 27.3 Å². The number of hydrogen-bond donors (Lipinski definition) is 1. The van der Waals surface area contributed by atoms with Gasteiger partial charge in [0.15, 0.2) is 5.79 Å². The first-order valence-electron chi connectivity index (χ1n) is 12.1. The number of nitriles is 1. The first-order chi connectivity index (χ1) is 16.0. The highest BCUT2D eigenvalue weighted by molar-refractivity contribution is 6.33. The summed E-state index contributed by atoms with van der Waals surface area (Å²) in [6.07, 6.45) is 4.29. The molecule has 1 N–H and O–H groups in total. The van der Waals surface area contributed by atoms with Crippen LogP contribution in [0.1, 0.15) is 75.6 Å². The van der Waals surface area contributed by atoms with Crippen LogP contribution in [-0.2, 0) is 27.1 Å². The summed E-state index contributed by atoms with van der Waals surface area (Å²) in [5.41, 5.74) is 2.23. The fourth-order valence-electron chi connectivity index (χ4n) is 5.54. The Bertz CT molecular complexity index is 996. The summed E-state index contributed by atoms with van der Waals surface area (Å²) in [7, 11) is 0. The SMILES string of the molecule is Cc1c(C#N)c(CCNC(=O)OC(C)(C)C)c(Cl)c2c1CC(C)(C1CCC3(CC1)OCCO3)O2. The van der Waals surface area contributed by atoms with Gasteiger partial charge in [-0.05, 0) is 70.9 Å². The molecule has 186 valence electrons. The molecule has 1 saturated carbocycles. The van der Waals surface area contributed by atoms with Crippen LogP contribution in [0, 0.1) is 24.2 Å². The number of halogens is 1. The van der Waals surface area contributed by atoms with E-state index in [0.29, 0.717) is 54.0 Å². The Morgan fingerprint density at radius 3 is 2.50 bits per heavy atom. The van der Waals surface area contributed by atoms with Crippen molar-refractivity contribution in [2.45, 2.75) is 90.1 Å². The lowest BCUT2D eigenvalue weighted by atomic mass is 9.73. The number of ether oxygens (including phenoxy) is 4. The molecule has 4 rings (SSSR count). The van der Waals surface area contributed by atoms with Crippen molar-refractivity contribution < 1.29 is 23.7 Å². The van der Waals surface area contributed by atoms with E-state index < -0.39 is 23.1 Å². The molecule has 8 heteroatoms. The van der Waals surface area contributed by atoms with E-state index in [1.165, 1.54) is 0 Å². The summed E-state index contributed by atoms with van der Waals surface area (Å²) in [4.78, 5) is 12.0. The van der Waals surface area contributed by atoms with Crippen LogP contribution in [0.4, 0.5) is 4.79 Å². The summed E-state index contributed by atoms with van der Waals surface area (Å²) < 4.78 is 23.7. The van der Waals surface area contributed by atoms with Gasteiger partial charge in [0.25, 0.3) is 0 Å². The topological polar surface area (TPSA) is 89.8 Å². The van der Waals surface area contributed by atoms with Crippen LogP contribution in [0.3, 0.4) is 0 Å². The monoisotopic (exact) mass is 490 g/mol. The fourth-order valence-corrected chi connectivity index (χ4v) is 5.88. The largest absolute Gasteiger partial charge is 0.485 e. The van der Waals surface area contributed by atoms with Gasteiger partial charge in [0.2, 0.25) is 0 Å². The Balaban J connectivity index is 1.49. The van der Waals surface area contributed by atoms with E-state index in [0.717, 1.165) is 43.2 Å². The van der Waals surface area contributed by atoms with Crippen LogP contribution < -0.4 is 10.1 Å². The van der Waals surface area contributed by atoms with Gasteiger partial charge in [-0.15, -0.1) is 0 Å². The Labute approximate surface area is 207 Å². The third-order valence-corrected chi connectivity index (χ3v) is 7.71. The zero-order valence-electron chi connectivity index (χ0n) is 20.8. The van der Waals surface area contributed by atoms with Crippen molar-refractivity contribution in [3.8, 4) is 11.8 Å². The summed E-state index contributed by atoms with van der Waals surface area (Å²) in [6, 6.07) is 2.33. The van der Waals surface area contributed by atoms with Crippen molar-refractivity contribution in [2.75, 3.05) is 19.8 Å². The number of benzene rings is 1. The highest BCUT2D eigenvalue weighted by Gasteiger charge is 2.49. The Morgan fingerprint density at radius 2 is 1.91 bits per heavy atom. The summed E-state index contributed by atoms with van der Waals surface area (Å²) >= 11 is 6.84. The first kappa shape index (κ1) is 25.1. The molecule has 1 aromatic rings. The van der Waals surface area contributed by atoms with Crippen LogP contribution in [0.15, 0.2) is 0 Å². The number of rotatable bonds is 4. The minimum absolute atomic E-state index is 0.309. The predicted octanol–water partition coefficient (Wildman–Crippen LogP) is 5.21. The highest BCUT2D eigenvalue weighted by Crippen LogP contribution is 2.51. The second kappa shape index (κ2) is 9.22. The average molecular weight is 491 g/mol. The zero-order valence-corrected chi connectivity index (χ0v) is 21.6. The molecule has 1 amide bonds. The van der Waals surface area contributed by atoms with E-state index in [4.69, 9.17) is 30.5 Å². The van der Waals surface area contributed by atoms with Gasteiger partial charge in [0, 0.05) is 31.4 Å². The fraction of sp³-hybridized carbons (Fsp3) is 0.692. The van der Waals surface area contributed by atoms with E-state index in [1.54, 1.807) is 0 Å². The van der Waals surface area contributed by atoms with Gasteiger partial charge >= 0.3 is 6.09 Å². The van der Waals surface area contributed by atoms with Crippen molar-refractivity contribution in [2.24, 2.45) is 5.92 Å². The summed E-state index contributed by atoms with van der Waals surface area (Å²) in [5.74, 6) is 0.618. The molecule has 1 spiro atoms. The number of carbonyl (C=O) groups excluding carboxylic acids is 1. The number of nitrogens with zero attached hydrogens (tertiary/aromatic N) is 1. The quantitative estimate of drug-likeness (QED) is 0.622. The number of hydrogen-bond acceptors (Lipinski definition) is 6. The molecule has 1 saturated heterocycles. The standard InChI is InChI=1S/C26H35ClN2O5/c1-16-19-14-25(5,17-6-9-26(10-7-17)31-12-13-32-26)33-22(19)21(27)18(20(16)15-28)8-11-29-23(30)34-24(2,3)4/h17H,6-14H2,1-5H3,(H,29,30). The van der Waals surface area contributed by atoms with Gasteiger partial charge in [-0.1, -0.05) is 11.6 Å². The smallest absolute Gasteiger partial charge is 0.407 e. The normalized spacial score (nSPS) is 23.9. The van der Waals surface area contributed by atoms with E-state index in [2.05, 4.69) is 18.3 Å².